The average Bonchev–Trinajstić information content (AvgIpc) is 3.46. The van der Waals surface area contributed by atoms with Crippen molar-refractivity contribution in [3.05, 3.63) is 77.4 Å². The Labute approximate surface area is 183 Å². The second-order valence-electron chi connectivity index (χ2n) is 7.03. The van der Waals surface area contributed by atoms with E-state index in [0.717, 1.165) is 5.00 Å². The predicted octanol–water partition coefficient (Wildman–Crippen LogP) is 4.49. The summed E-state index contributed by atoms with van der Waals surface area (Å²) in [5.74, 6) is 0.374. The molecule has 0 fully saturated rings. The number of pyridine rings is 1. The number of hydrogen-bond acceptors (Lipinski definition) is 6. The molecule has 3 aromatic heterocycles. The van der Waals surface area contributed by atoms with E-state index in [0.29, 0.717) is 28.5 Å². The van der Waals surface area contributed by atoms with E-state index >= 15 is 0 Å². The molecule has 0 unspecified atom stereocenters. The predicted molar refractivity (Wildman–Crippen MR) is 120 cm³/mol. The quantitative estimate of drug-likeness (QED) is 0.467. The summed E-state index contributed by atoms with van der Waals surface area (Å²) in [4.78, 5) is 29.7. The van der Waals surface area contributed by atoms with Crippen molar-refractivity contribution < 1.29 is 9.59 Å². The van der Waals surface area contributed by atoms with Gasteiger partial charge in [0.1, 0.15) is 17.8 Å². The summed E-state index contributed by atoms with van der Waals surface area (Å²) in [6.07, 6.45) is 1.65. The summed E-state index contributed by atoms with van der Waals surface area (Å²) in [7, 11) is 0. The first-order valence-corrected chi connectivity index (χ1v) is 10.5. The molecule has 0 aliphatic carbocycles. The smallest absolute Gasteiger partial charge is 0.256 e. The molecule has 1 aromatic carbocycles. The van der Waals surface area contributed by atoms with Gasteiger partial charge in [-0.1, -0.05) is 12.1 Å². The monoisotopic (exact) mass is 432 g/mol. The molecule has 0 aliphatic rings. The highest BCUT2D eigenvalue weighted by Crippen LogP contribution is 2.20. The number of nitrogens with one attached hydrogen (secondary N) is 2. The first kappa shape index (κ1) is 20.4. The second-order valence-corrected chi connectivity index (χ2v) is 7.98. The van der Waals surface area contributed by atoms with E-state index in [-0.39, 0.29) is 17.9 Å². The van der Waals surface area contributed by atoms with Gasteiger partial charge >= 0.3 is 0 Å². The number of nitrogens with zero attached hydrogens (tertiary/aromatic N) is 4. The molecule has 0 radical (unpaired) electrons. The third-order valence-electron chi connectivity index (χ3n) is 4.49. The van der Waals surface area contributed by atoms with E-state index < -0.39 is 0 Å². The summed E-state index contributed by atoms with van der Waals surface area (Å²) in [6, 6.07) is 15.7. The molecule has 2 amide bonds. The van der Waals surface area contributed by atoms with Gasteiger partial charge in [-0.05, 0) is 61.7 Å². The standard InChI is InChI=1S/C22H20N6O2S/c1-14(2)28-13-23-27-20(28)17-8-4-9-18(24-17)25-21(29)15-6-3-7-16(12-15)22(30)26-19-10-5-11-31-19/h3-14H,1-2H3,(H,26,30)(H,24,25,29). The maximum absolute atomic E-state index is 12.8. The largest absolute Gasteiger partial charge is 0.314 e. The van der Waals surface area contributed by atoms with E-state index in [9.17, 15) is 9.59 Å². The lowest BCUT2D eigenvalue weighted by Crippen LogP contribution is -2.16. The van der Waals surface area contributed by atoms with E-state index in [1.807, 2.05) is 42.0 Å². The van der Waals surface area contributed by atoms with Gasteiger partial charge in [0.2, 0.25) is 0 Å². The van der Waals surface area contributed by atoms with Crippen molar-refractivity contribution >= 4 is 34.0 Å². The first-order chi connectivity index (χ1) is 15.0. The molecule has 0 saturated carbocycles. The normalized spacial score (nSPS) is 10.8. The minimum atomic E-state index is -0.360. The van der Waals surface area contributed by atoms with Crippen LogP contribution in [0.3, 0.4) is 0 Å². The molecule has 2 N–H and O–H groups in total. The van der Waals surface area contributed by atoms with Crippen molar-refractivity contribution in [1.29, 1.82) is 0 Å². The maximum atomic E-state index is 12.8. The van der Waals surface area contributed by atoms with Gasteiger partial charge in [0, 0.05) is 17.2 Å². The van der Waals surface area contributed by atoms with Gasteiger partial charge in [-0.25, -0.2) is 4.98 Å². The number of carbonyl (C=O) groups is 2. The summed E-state index contributed by atoms with van der Waals surface area (Å²) in [5.41, 5.74) is 1.36. The molecule has 9 heteroatoms. The van der Waals surface area contributed by atoms with E-state index in [2.05, 4.69) is 25.8 Å². The Hall–Kier alpha value is -3.85. The minimum Gasteiger partial charge on any atom is -0.314 e. The summed E-state index contributed by atoms with van der Waals surface area (Å²) in [6.45, 7) is 4.06. The molecule has 0 spiro atoms. The lowest BCUT2D eigenvalue weighted by Gasteiger charge is -2.11. The van der Waals surface area contributed by atoms with Gasteiger partial charge < -0.3 is 15.2 Å². The number of aromatic nitrogens is 4. The Morgan fingerprint density at radius 1 is 0.968 bits per heavy atom. The van der Waals surface area contributed by atoms with Crippen LogP contribution >= 0.6 is 11.3 Å². The number of amides is 2. The van der Waals surface area contributed by atoms with Gasteiger partial charge in [-0.3, -0.25) is 9.59 Å². The van der Waals surface area contributed by atoms with Crippen LogP contribution in [-0.2, 0) is 0 Å². The number of rotatable bonds is 6. The van der Waals surface area contributed by atoms with Crippen molar-refractivity contribution in [2.75, 3.05) is 10.6 Å². The average molecular weight is 433 g/mol. The third-order valence-corrected chi connectivity index (χ3v) is 5.28. The zero-order chi connectivity index (χ0) is 21.8. The van der Waals surface area contributed by atoms with Gasteiger partial charge in [0.15, 0.2) is 5.82 Å². The van der Waals surface area contributed by atoms with E-state index in [4.69, 9.17) is 0 Å². The number of carbonyl (C=O) groups excluding carboxylic acids is 2. The molecule has 0 saturated heterocycles. The molecule has 0 bridgehead atoms. The topological polar surface area (TPSA) is 102 Å². The molecule has 0 aliphatic heterocycles. The van der Waals surface area contributed by atoms with Gasteiger partial charge in [0.25, 0.3) is 11.8 Å². The van der Waals surface area contributed by atoms with Gasteiger partial charge in [-0.2, -0.15) is 0 Å². The third kappa shape index (κ3) is 4.67. The van der Waals surface area contributed by atoms with Crippen LogP contribution in [0.1, 0.15) is 40.6 Å². The minimum absolute atomic E-state index is 0.174. The Morgan fingerprint density at radius 3 is 2.42 bits per heavy atom. The van der Waals surface area contributed by atoms with Crippen LogP contribution in [0.5, 0.6) is 0 Å². The molecule has 3 heterocycles. The van der Waals surface area contributed by atoms with Crippen LogP contribution in [0, 0.1) is 0 Å². The lowest BCUT2D eigenvalue weighted by atomic mass is 10.1. The SMILES string of the molecule is CC(C)n1cnnc1-c1cccc(NC(=O)c2cccc(C(=O)Nc3cccs3)c2)n1. The number of benzene rings is 1. The van der Waals surface area contributed by atoms with Crippen LogP contribution in [0.15, 0.2) is 66.3 Å². The van der Waals surface area contributed by atoms with Crippen LogP contribution in [0.25, 0.3) is 11.5 Å². The lowest BCUT2D eigenvalue weighted by molar-refractivity contribution is 0.102. The van der Waals surface area contributed by atoms with Crippen LogP contribution in [0.2, 0.25) is 0 Å². The van der Waals surface area contributed by atoms with Crippen LogP contribution in [-0.4, -0.2) is 31.6 Å². The summed E-state index contributed by atoms with van der Waals surface area (Å²) in [5, 5.41) is 16.3. The van der Waals surface area contributed by atoms with Crippen LogP contribution < -0.4 is 10.6 Å². The van der Waals surface area contributed by atoms with Crippen molar-refractivity contribution in [1.82, 2.24) is 19.7 Å². The van der Waals surface area contributed by atoms with E-state index in [1.54, 1.807) is 42.7 Å². The molecular formula is C22H20N6O2S. The summed E-state index contributed by atoms with van der Waals surface area (Å²) >= 11 is 1.43. The molecule has 4 aromatic rings. The first-order valence-electron chi connectivity index (χ1n) is 9.64. The fourth-order valence-electron chi connectivity index (χ4n) is 2.96. The molecule has 0 atom stereocenters. The van der Waals surface area contributed by atoms with Crippen molar-refractivity contribution in [2.24, 2.45) is 0 Å². The van der Waals surface area contributed by atoms with E-state index in [1.165, 1.54) is 11.3 Å². The maximum Gasteiger partial charge on any atom is 0.256 e. The highest BCUT2D eigenvalue weighted by molar-refractivity contribution is 7.14. The fraction of sp³-hybridized carbons (Fsp3) is 0.136. The van der Waals surface area contributed by atoms with Gasteiger partial charge in [0.05, 0.1) is 5.00 Å². The number of anilines is 2. The second kappa shape index (κ2) is 8.88. The van der Waals surface area contributed by atoms with Crippen LogP contribution in [0.4, 0.5) is 10.8 Å². The molecular weight excluding hydrogens is 412 g/mol. The summed E-state index contributed by atoms with van der Waals surface area (Å²) < 4.78 is 1.91. The zero-order valence-corrected chi connectivity index (χ0v) is 17.8. The molecule has 31 heavy (non-hydrogen) atoms. The molecule has 8 nitrogen and oxygen atoms in total. The van der Waals surface area contributed by atoms with Crippen molar-refractivity contribution in [3.63, 3.8) is 0 Å². The number of thiophene rings is 1. The fourth-order valence-corrected chi connectivity index (χ4v) is 3.57. The number of hydrogen-bond donors (Lipinski definition) is 2. The Kier molecular flexibility index (Phi) is 5.85. The Morgan fingerprint density at radius 2 is 1.71 bits per heavy atom. The van der Waals surface area contributed by atoms with Gasteiger partial charge in [-0.15, -0.1) is 21.5 Å². The molecule has 156 valence electrons. The molecule has 4 rings (SSSR count). The Balaban J connectivity index is 1.51. The highest BCUT2D eigenvalue weighted by atomic mass is 32.1. The highest BCUT2D eigenvalue weighted by Gasteiger charge is 2.14. The zero-order valence-electron chi connectivity index (χ0n) is 16.9. The van der Waals surface area contributed by atoms with Crippen molar-refractivity contribution in [3.8, 4) is 11.5 Å². The van der Waals surface area contributed by atoms with Crippen molar-refractivity contribution in [2.45, 2.75) is 19.9 Å². The Bertz CT molecular complexity index is 1220.